The molecule has 2 aromatic rings. The van der Waals surface area contributed by atoms with Crippen molar-refractivity contribution in [1.82, 2.24) is 0 Å². The number of carbonyl (C=O) groups is 1. The van der Waals surface area contributed by atoms with Crippen LogP contribution in [0.2, 0.25) is 10.0 Å². The average Bonchev–Trinajstić information content (AvgIpc) is 2.48. The Kier molecular flexibility index (Phi) is 5.79. The normalized spacial score (nSPS) is 11.2. The molecule has 0 aliphatic rings. The van der Waals surface area contributed by atoms with Gasteiger partial charge in [0.1, 0.15) is 5.75 Å². The standard InChI is InChI=1S/C19H21Cl2NO2/c1-10(2)15-8-13(9-16(11(3)4)18(15)23)22-19(24)14-6-5-12(20)7-17(14)21/h5-11,23H,1-4H3,(H,22,24). The molecular weight excluding hydrogens is 345 g/mol. The lowest BCUT2D eigenvalue weighted by Crippen LogP contribution is -2.13. The summed E-state index contributed by atoms with van der Waals surface area (Å²) >= 11 is 12.0. The van der Waals surface area contributed by atoms with Gasteiger partial charge >= 0.3 is 0 Å². The van der Waals surface area contributed by atoms with Gasteiger partial charge in [0.2, 0.25) is 0 Å². The highest BCUT2D eigenvalue weighted by atomic mass is 35.5. The van der Waals surface area contributed by atoms with Crippen LogP contribution in [0.1, 0.15) is 61.0 Å². The van der Waals surface area contributed by atoms with Crippen molar-refractivity contribution in [2.75, 3.05) is 5.32 Å². The third-order valence-corrected chi connectivity index (χ3v) is 4.39. The molecule has 0 spiro atoms. The van der Waals surface area contributed by atoms with E-state index in [1.54, 1.807) is 24.3 Å². The van der Waals surface area contributed by atoms with Crippen molar-refractivity contribution < 1.29 is 9.90 Å². The van der Waals surface area contributed by atoms with Gasteiger partial charge in [-0.2, -0.15) is 0 Å². The first-order valence-electron chi connectivity index (χ1n) is 7.84. The smallest absolute Gasteiger partial charge is 0.257 e. The molecule has 24 heavy (non-hydrogen) atoms. The summed E-state index contributed by atoms with van der Waals surface area (Å²) in [5.41, 5.74) is 2.60. The molecule has 1 amide bonds. The molecule has 0 fully saturated rings. The van der Waals surface area contributed by atoms with Gasteiger partial charge in [0.25, 0.3) is 5.91 Å². The van der Waals surface area contributed by atoms with E-state index in [0.29, 0.717) is 27.0 Å². The highest BCUT2D eigenvalue weighted by Crippen LogP contribution is 2.36. The van der Waals surface area contributed by atoms with Crippen LogP contribution < -0.4 is 5.32 Å². The lowest BCUT2D eigenvalue weighted by molar-refractivity contribution is 0.102. The molecule has 5 heteroatoms. The summed E-state index contributed by atoms with van der Waals surface area (Å²) in [4.78, 5) is 12.5. The van der Waals surface area contributed by atoms with Crippen LogP contribution in [-0.4, -0.2) is 11.0 Å². The Morgan fingerprint density at radius 2 is 1.54 bits per heavy atom. The Morgan fingerprint density at radius 3 is 2.00 bits per heavy atom. The number of aromatic hydroxyl groups is 1. The van der Waals surface area contributed by atoms with Gasteiger partial charge in [0.15, 0.2) is 0 Å². The molecule has 2 N–H and O–H groups in total. The number of anilines is 1. The van der Waals surface area contributed by atoms with Gasteiger partial charge in [-0.3, -0.25) is 4.79 Å². The number of phenolic OH excluding ortho intramolecular Hbond substituents is 1. The van der Waals surface area contributed by atoms with Crippen molar-refractivity contribution >= 4 is 34.8 Å². The van der Waals surface area contributed by atoms with Crippen molar-refractivity contribution in [3.8, 4) is 5.75 Å². The Bertz CT molecular complexity index is 741. The molecule has 128 valence electrons. The number of rotatable bonds is 4. The molecule has 0 aromatic heterocycles. The summed E-state index contributed by atoms with van der Waals surface area (Å²) in [6.45, 7) is 8.00. The number of phenols is 1. The van der Waals surface area contributed by atoms with Crippen LogP contribution in [0.5, 0.6) is 5.75 Å². The molecule has 0 heterocycles. The fraction of sp³-hybridized carbons (Fsp3) is 0.316. The van der Waals surface area contributed by atoms with Crippen LogP contribution in [0.3, 0.4) is 0 Å². The van der Waals surface area contributed by atoms with Gasteiger partial charge in [-0.25, -0.2) is 0 Å². The zero-order chi connectivity index (χ0) is 18.0. The third kappa shape index (κ3) is 4.03. The van der Waals surface area contributed by atoms with Gasteiger partial charge in [-0.15, -0.1) is 0 Å². The van der Waals surface area contributed by atoms with E-state index in [-0.39, 0.29) is 17.7 Å². The summed E-state index contributed by atoms with van der Waals surface area (Å²) in [5, 5.41) is 14.1. The minimum atomic E-state index is -0.313. The highest BCUT2D eigenvalue weighted by Gasteiger charge is 2.17. The second kappa shape index (κ2) is 7.45. The maximum atomic E-state index is 12.5. The number of nitrogens with one attached hydrogen (secondary N) is 1. The second-order valence-electron chi connectivity index (χ2n) is 6.39. The topological polar surface area (TPSA) is 49.3 Å². The molecule has 0 aliphatic carbocycles. The summed E-state index contributed by atoms with van der Waals surface area (Å²) in [5.74, 6) is 0.256. The lowest BCUT2D eigenvalue weighted by atomic mass is 9.93. The van der Waals surface area contributed by atoms with Crippen molar-refractivity contribution in [3.63, 3.8) is 0 Å². The van der Waals surface area contributed by atoms with Crippen molar-refractivity contribution in [2.24, 2.45) is 0 Å². The van der Waals surface area contributed by atoms with Gasteiger partial charge < -0.3 is 10.4 Å². The van der Waals surface area contributed by atoms with Gasteiger partial charge in [-0.05, 0) is 53.3 Å². The minimum Gasteiger partial charge on any atom is -0.507 e. The minimum absolute atomic E-state index is 0.137. The first-order chi connectivity index (χ1) is 11.2. The van der Waals surface area contributed by atoms with Crippen LogP contribution >= 0.6 is 23.2 Å². The molecule has 0 unspecified atom stereocenters. The largest absolute Gasteiger partial charge is 0.507 e. The van der Waals surface area contributed by atoms with E-state index in [1.807, 2.05) is 27.7 Å². The SMILES string of the molecule is CC(C)c1cc(NC(=O)c2ccc(Cl)cc2Cl)cc(C(C)C)c1O. The van der Waals surface area contributed by atoms with E-state index in [1.165, 1.54) is 6.07 Å². The number of halogens is 2. The summed E-state index contributed by atoms with van der Waals surface area (Å²) < 4.78 is 0. The van der Waals surface area contributed by atoms with Crippen LogP contribution in [0, 0.1) is 0 Å². The first-order valence-corrected chi connectivity index (χ1v) is 8.59. The van der Waals surface area contributed by atoms with Gasteiger partial charge in [-0.1, -0.05) is 50.9 Å². The molecular formula is C19H21Cl2NO2. The summed E-state index contributed by atoms with van der Waals surface area (Å²) in [6.07, 6.45) is 0. The van der Waals surface area contributed by atoms with E-state index < -0.39 is 0 Å². The van der Waals surface area contributed by atoms with Crippen LogP contribution in [0.25, 0.3) is 0 Å². The lowest BCUT2D eigenvalue weighted by Gasteiger charge is -2.18. The van der Waals surface area contributed by atoms with E-state index in [2.05, 4.69) is 5.32 Å². The van der Waals surface area contributed by atoms with E-state index in [0.717, 1.165) is 11.1 Å². The molecule has 0 bridgehead atoms. The van der Waals surface area contributed by atoms with Crippen LogP contribution in [-0.2, 0) is 0 Å². The van der Waals surface area contributed by atoms with Gasteiger partial charge in [0, 0.05) is 10.7 Å². The molecule has 0 saturated carbocycles. The predicted molar refractivity (Wildman–Crippen MR) is 101 cm³/mol. The summed E-state index contributed by atoms with van der Waals surface area (Å²) in [7, 11) is 0. The van der Waals surface area contributed by atoms with Crippen molar-refractivity contribution in [3.05, 3.63) is 57.1 Å². The second-order valence-corrected chi connectivity index (χ2v) is 7.23. The zero-order valence-electron chi connectivity index (χ0n) is 14.2. The molecule has 0 aliphatic heterocycles. The fourth-order valence-electron chi connectivity index (χ4n) is 2.50. The maximum absolute atomic E-state index is 12.5. The number of carbonyl (C=O) groups excluding carboxylic acids is 1. The Labute approximate surface area is 152 Å². The maximum Gasteiger partial charge on any atom is 0.257 e. The first kappa shape index (κ1) is 18.6. The predicted octanol–water partition coefficient (Wildman–Crippen LogP) is 6.20. The van der Waals surface area contributed by atoms with E-state index >= 15 is 0 Å². The number of amides is 1. The summed E-state index contributed by atoms with van der Waals surface area (Å²) in [6, 6.07) is 8.35. The number of hydrogen-bond donors (Lipinski definition) is 2. The zero-order valence-corrected chi connectivity index (χ0v) is 15.7. The quantitative estimate of drug-likeness (QED) is 0.633. The molecule has 3 nitrogen and oxygen atoms in total. The average molecular weight is 366 g/mol. The third-order valence-electron chi connectivity index (χ3n) is 3.85. The Morgan fingerprint density at radius 1 is 1.00 bits per heavy atom. The van der Waals surface area contributed by atoms with Gasteiger partial charge in [0.05, 0.1) is 10.6 Å². The number of hydrogen-bond acceptors (Lipinski definition) is 2. The Balaban J connectivity index is 2.40. The highest BCUT2D eigenvalue weighted by molar-refractivity contribution is 6.37. The van der Waals surface area contributed by atoms with Crippen LogP contribution in [0.15, 0.2) is 30.3 Å². The molecule has 0 saturated heterocycles. The molecule has 0 radical (unpaired) electrons. The number of benzene rings is 2. The monoisotopic (exact) mass is 365 g/mol. The van der Waals surface area contributed by atoms with Crippen molar-refractivity contribution in [2.45, 2.75) is 39.5 Å². The molecule has 2 rings (SSSR count). The van der Waals surface area contributed by atoms with E-state index in [4.69, 9.17) is 23.2 Å². The fourth-order valence-corrected chi connectivity index (χ4v) is 3.00. The van der Waals surface area contributed by atoms with E-state index in [9.17, 15) is 9.90 Å². The molecule has 2 aromatic carbocycles. The van der Waals surface area contributed by atoms with Crippen molar-refractivity contribution in [1.29, 1.82) is 0 Å². The molecule has 0 atom stereocenters. The Hall–Kier alpha value is -1.71. The van der Waals surface area contributed by atoms with Crippen LogP contribution in [0.4, 0.5) is 5.69 Å².